The second-order valence-electron chi connectivity index (χ2n) is 8.53. The molecule has 0 aromatic heterocycles. The van der Waals surface area contributed by atoms with Crippen molar-refractivity contribution in [3.8, 4) is 11.1 Å². The number of rotatable bonds is 7. The Labute approximate surface area is 202 Å². The van der Waals surface area contributed by atoms with Crippen LogP contribution in [0.1, 0.15) is 29.9 Å². The van der Waals surface area contributed by atoms with Gasteiger partial charge in [-0.15, -0.1) is 0 Å². The summed E-state index contributed by atoms with van der Waals surface area (Å²) in [4.78, 5) is 49.8. The summed E-state index contributed by atoms with van der Waals surface area (Å²) in [7, 11) is 1.24. The van der Waals surface area contributed by atoms with Crippen molar-refractivity contribution in [2.24, 2.45) is 0 Å². The Morgan fingerprint density at radius 1 is 1.03 bits per heavy atom. The predicted octanol–water partition coefficient (Wildman–Crippen LogP) is 2.33. The quantitative estimate of drug-likeness (QED) is 0.553. The molecule has 4 rings (SSSR count). The Bertz CT molecular complexity index is 1090. The van der Waals surface area contributed by atoms with E-state index < -0.39 is 36.5 Å². The van der Waals surface area contributed by atoms with Crippen LogP contribution in [0.5, 0.6) is 0 Å². The molecular formula is C25H27N3O7. The number of aliphatic carboxylic acids is 1. The lowest BCUT2D eigenvalue weighted by Crippen LogP contribution is -2.50. The summed E-state index contributed by atoms with van der Waals surface area (Å²) in [6.45, 7) is 0.551. The van der Waals surface area contributed by atoms with Crippen LogP contribution < -0.4 is 10.6 Å². The van der Waals surface area contributed by atoms with Gasteiger partial charge >= 0.3 is 18.2 Å². The van der Waals surface area contributed by atoms with Crippen LogP contribution in [0.4, 0.5) is 9.59 Å². The predicted molar refractivity (Wildman–Crippen MR) is 125 cm³/mol. The van der Waals surface area contributed by atoms with E-state index in [4.69, 9.17) is 4.74 Å². The summed E-state index contributed by atoms with van der Waals surface area (Å²) in [6, 6.07) is 14.2. The standard InChI is InChI=1S/C25H27N3O7/c1-34-24(32)26-15-10-11-28(13-15)23(31)21(12-22(29)30)27-25(33)35-14-20-18-8-4-2-6-16(18)17-7-3-5-9-19(17)20/h2-9,15,20-21H,10-14H2,1H3,(H,26,32)(H,27,33)(H,29,30). The van der Waals surface area contributed by atoms with Gasteiger partial charge in [-0.2, -0.15) is 0 Å². The molecule has 10 nitrogen and oxygen atoms in total. The van der Waals surface area contributed by atoms with Gasteiger partial charge in [0.05, 0.1) is 19.6 Å². The average molecular weight is 482 g/mol. The molecular weight excluding hydrogens is 454 g/mol. The molecule has 35 heavy (non-hydrogen) atoms. The third kappa shape index (κ3) is 5.37. The Kier molecular flexibility index (Phi) is 7.19. The first-order valence-corrected chi connectivity index (χ1v) is 11.3. The first kappa shape index (κ1) is 24.1. The molecule has 0 spiro atoms. The fourth-order valence-electron chi connectivity index (χ4n) is 4.68. The summed E-state index contributed by atoms with van der Waals surface area (Å²) in [5.41, 5.74) is 4.25. The SMILES string of the molecule is COC(=O)NC1CCN(C(=O)C(CC(=O)O)NC(=O)OCC2c3ccccc3-c3ccccc32)C1. The number of likely N-dealkylation sites (tertiary alicyclic amines) is 1. The van der Waals surface area contributed by atoms with Crippen molar-refractivity contribution in [1.82, 2.24) is 15.5 Å². The fourth-order valence-corrected chi connectivity index (χ4v) is 4.68. The highest BCUT2D eigenvalue weighted by atomic mass is 16.5. The number of carbonyl (C=O) groups excluding carboxylic acids is 3. The minimum atomic E-state index is -1.29. The third-order valence-corrected chi connectivity index (χ3v) is 6.32. The van der Waals surface area contributed by atoms with Crippen molar-refractivity contribution in [2.75, 3.05) is 26.8 Å². The lowest BCUT2D eigenvalue weighted by atomic mass is 9.98. The van der Waals surface area contributed by atoms with Gasteiger partial charge in [0.2, 0.25) is 5.91 Å². The molecule has 0 radical (unpaired) electrons. The first-order chi connectivity index (χ1) is 16.9. The van der Waals surface area contributed by atoms with E-state index in [1.807, 2.05) is 48.5 Å². The van der Waals surface area contributed by atoms with Crippen LogP contribution in [0.15, 0.2) is 48.5 Å². The van der Waals surface area contributed by atoms with E-state index in [0.717, 1.165) is 22.3 Å². The summed E-state index contributed by atoms with van der Waals surface area (Å²) < 4.78 is 10.0. The lowest BCUT2D eigenvalue weighted by Gasteiger charge is -2.23. The zero-order valence-electron chi connectivity index (χ0n) is 19.2. The molecule has 2 aliphatic rings. The molecule has 10 heteroatoms. The Morgan fingerprint density at radius 2 is 1.66 bits per heavy atom. The normalized spacial score (nSPS) is 17.2. The maximum atomic E-state index is 13.0. The molecule has 184 valence electrons. The van der Waals surface area contributed by atoms with Crippen LogP contribution in [0, 0.1) is 0 Å². The number of amides is 3. The van der Waals surface area contributed by atoms with E-state index in [0.29, 0.717) is 13.0 Å². The van der Waals surface area contributed by atoms with Crippen molar-refractivity contribution < 1.29 is 33.8 Å². The Hall–Kier alpha value is -4.08. The minimum Gasteiger partial charge on any atom is -0.481 e. The van der Waals surface area contributed by atoms with Gasteiger partial charge in [0.1, 0.15) is 12.6 Å². The highest BCUT2D eigenvalue weighted by molar-refractivity contribution is 5.89. The molecule has 1 saturated heterocycles. The molecule has 1 aliphatic carbocycles. The Balaban J connectivity index is 1.38. The van der Waals surface area contributed by atoms with Gasteiger partial charge in [0.25, 0.3) is 0 Å². The monoisotopic (exact) mass is 481 g/mol. The molecule has 0 saturated carbocycles. The number of nitrogens with one attached hydrogen (secondary N) is 2. The van der Waals surface area contributed by atoms with Crippen molar-refractivity contribution in [2.45, 2.75) is 30.8 Å². The van der Waals surface area contributed by atoms with E-state index in [9.17, 15) is 24.3 Å². The van der Waals surface area contributed by atoms with Crippen molar-refractivity contribution in [1.29, 1.82) is 0 Å². The first-order valence-electron chi connectivity index (χ1n) is 11.3. The number of hydrogen-bond donors (Lipinski definition) is 3. The van der Waals surface area contributed by atoms with Gasteiger partial charge in [0.15, 0.2) is 0 Å². The third-order valence-electron chi connectivity index (χ3n) is 6.32. The zero-order chi connectivity index (χ0) is 24.9. The van der Waals surface area contributed by atoms with Gasteiger partial charge in [-0.1, -0.05) is 48.5 Å². The Morgan fingerprint density at radius 3 is 2.26 bits per heavy atom. The fraction of sp³-hybridized carbons (Fsp3) is 0.360. The average Bonchev–Trinajstić information content (AvgIpc) is 3.44. The second-order valence-corrected chi connectivity index (χ2v) is 8.53. The number of carboxylic acids is 1. The molecule has 2 aromatic carbocycles. The summed E-state index contributed by atoms with van der Waals surface area (Å²) in [5.74, 6) is -1.94. The molecule has 1 heterocycles. The molecule has 3 amide bonds. The van der Waals surface area contributed by atoms with Crippen molar-refractivity contribution in [3.63, 3.8) is 0 Å². The van der Waals surface area contributed by atoms with E-state index >= 15 is 0 Å². The maximum Gasteiger partial charge on any atom is 0.407 e. The second kappa shape index (κ2) is 10.5. The molecule has 0 bridgehead atoms. The van der Waals surface area contributed by atoms with Crippen molar-refractivity contribution >= 4 is 24.1 Å². The van der Waals surface area contributed by atoms with E-state index in [1.165, 1.54) is 12.0 Å². The molecule has 2 atom stereocenters. The summed E-state index contributed by atoms with van der Waals surface area (Å²) >= 11 is 0. The van der Waals surface area contributed by atoms with E-state index in [2.05, 4.69) is 15.4 Å². The van der Waals surface area contributed by atoms with Crippen LogP contribution >= 0.6 is 0 Å². The van der Waals surface area contributed by atoms with Gasteiger partial charge in [-0.05, 0) is 28.7 Å². The maximum absolute atomic E-state index is 13.0. The number of carboxylic acid groups (broad SMARTS) is 1. The summed E-state index contributed by atoms with van der Waals surface area (Å²) in [6.07, 6.45) is -1.57. The molecule has 1 aliphatic heterocycles. The molecule has 3 N–H and O–H groups in total. The number of benzene rings is 2. The minimum absolute atomic E-state index is 0.0443. The van der Waals surface area contributed by atoms with Crippen LogP contribution in [0.3, 0.4) is 0 Å². The van der Waals surface area contributed by atoms with Crippen LogP contribution in [-0.2, 0) is 19.1 Å². The van der Waals surface area contributed by atoms with E-state index in [1.54, 1.807) is 0 Å². The number of alkyl carbamates (subject to hydrolysis) is 2. The number of nitrogens with zero attached hydrogens (tertiary/aromatic N) is 1. The van der Waals surface area contributed by atoms with Crippen LogP contribution in [-0.4, -0.2) is 73.0 Å². The molecule has 1 fully saturated rings. The molecule has 2 aromatic rings. The van der Waals surface area contributed by atoms with Gasteiger partial charge < -0.3 is 30.1 Å². The van der Waals surface area contributed by atoms with Gasteiger partial charge in [-0.3, -0.25) is 9.59 Å². The van der Waals surface area contributed by atoms with Gasteiger partial charge in [-0.25, -0.2) is 9.59 Å². The summed E-state index contributed by atoms with van der Waals surface area (Å²) in [5, 5.41) is 14.3. The topological polar surface area (TPSA) is 134 Å². The number of carbonyl (C=O) groups is 4. The number of hydrogen-bond acceptors (Lipinski definition) is 6. The smallest absolute Gasteiger partial charge is 0.407 e. The largest absolute Gasteiger partial charge is 0.481 e. The number of fused-ring (bicyclic) bond motifs is 3. The lowest BCUT2D eigenvalue weighted by molar-refractivity contribution is -0.142. The zero-order valence-corrected chi connectivity index (χ0v) is 19.2. The van der Waals surface area contributed by atoms with E-state index in [-0.39, 0.29) is 25.1 Å². The molecule has 2 unspecified atom stereocenters. The van der Waals surface area contributed by atoms with Crippen LogP contribution in [0.25, 0.3) is 11.1 Å². The van der Waals surface area contributed by atoms with Crippen LogP contribution in [0.2, 0.25) is 0 Å². The van der Waals surface area contributed by atoms with Crippen molar-refractivity contribution in [3.05, 3.63) is 59.7 Å². The highest BCUT2D eigenvalue weighted by Gasteiger charge is 2.35. The highest BCUT2D eigenvalue weighted by Crippen LogP contribution is 2.44. The number of methoxy groups -OCH3 is 1. The number of ether oxygens (including phenoxy) is 2. The van der Waals surface area contributed by atoms with Gasteiger partial charge in [0, 0.05) is 19.0 Å².